The highest BCUT2D eigenvalue weighted by molar-refractivity contribution is 7.89. The summed E-state index contributed by atoms with van der Waals surface area (Å²) < 4.78 is 64.9. The van der Waals surface area contributed by atoms with Gasteiger partial charge in [0.1, 0.15) is 4.90 Å². The molecule has 0 spiro atoms. The minimum absolute atomic E-state index is 0.000827. The smallest absolute Gasteiger partial charge is 0.207 e. The molecule has 0 radical (unpaired) electrons. The number of benzene rings is 2. The molecule has 2 aromatic rings. The number of nitrogens with one attached hydrogen (secondary N) is 1. The van der Waals surface area contributed by atoms with Crippen molar-refractivity contribution in [2.75, 3.05) is 0 Å². The Labute approximate surface area is 130 Å². The lowest BCUT2D eigenvalue weighted by atomic mass is 10.1. The lowest BCUT2D eigenvalue weighted by Gasteiger charge is -2.13. The third-order valence-electron chi connectivity index (χ3n) is 2.90. The van der Waals surface area contributed by atoms with Gasteiger partial charge in [-0.3, -0.25) is 0 Å². The van der Waals surface area contributed by atoms with Gasteiger partial charge in [-0.2, -0.15) is 13.2 Å². The second-order valence-electron chi connectivity index (χ2n) is 4.41. The summed E-state index contributed by atoms with van der Waals surface area (Å²) in [5, 5.41) is -0.000827. The van der Waals surface area contributed by atoms with Crippen molar-refractivity contribution in [3.8, 4) is 0 Å². The van der Waals surface area contributed by atoms with E-state index < -0.39 is 28.3 Å². The Bertz CT molecular complexity index is 776. The molecule has 0 amide bonds. The van der Waals surface area contributed by atoms with Crippen LogP contribution in [0.5, 0.6) is 0 Å². The van der Waals surface area contributed by atoms with E-state index in [2.05, 4.69) is 4.72 Å². The minimum atomic E-state index is -4.55. The van der Waals surface area contributed by atoms with Gasteiger partial charge in [-0.1, -0.05) is 41.9 Å². The highest BCUT2D eigenvalue weighted by Gasteiger charge is 2.33. The molecule has 0 unspecified atom stereocenters. The molecule has 0 atom stereocenters. The Morgan fingerprint density at radius 2 is 1.59 bits per heavy atom. The second-order valence-corrected chi connectivity index (χ2v) is 6.55. The maximum Gasteiger partial charge on any atom is 0.416 e. The monoisotopic (exact) mass is 349 g/mol. The summed E-state index contributed by atoms with van der Waals surface area (Å²) in [6.45, 7) is -0.483. The van der Waals surface area contributed by atoms with Crippen LogP contribution in [0.4, 0.5) is 13.2 Å². The van der Waals surface area contributed by atoms with Crippen molar-refractivity contribution < 1.29 is 21.6 Å². The summed E-state index contributed by atoms with van der Waals surface area (Å²) in [4.78, 5) is -0.179. The molecule has 3 nitrogen and oxygen atoms in total. The normalized spacial score (nSPS) is 12.4. The lowest BCUT2D eigenvalue weighted by Crippen LogP contribution is -2.25. The van der Waals surface area contributed by atoms with Crippen molar-refractivity contribution in [1.29, 1.82) is 0 Å². The number of hydrogen-bond donors (Lipinski definition) is 1. The van der Waals surface area contributed by atoms with Gasteiger partial charge in [0.25, 0.3) is 0 Å². The molecule has 8 heteroatoms. The molecule has 0 aliphatic heterocycles. The van der Waals surface area contributed by atoms with E-state index in [0.717, 1.165) is 6.07 Å². The molecule has 2 rings (SSSR count). The summed E-state index contributed by atoms with van der Waals surface area (Å²) in [6.07, 6.45) is -4.55. The molecule has 0 saturated carbocycles. The minimum Gasteiger partial charge on any atom is -0.207 e. The van der Waals surface area contributed by atoms with Crippen LogP contribution in [0.25, 0.3) is 0 Å². The first-order valence-corrected chi connectivity index (χ1v) is 7.97. The van der Waals surface area contributed by atoms with Gasteiger partial charge in [0.15, 0.2) is 0 Å². The molecule has 0 aliphatic carbocycles. The van der Waals surface area contributed by atoms with Crippen LogP contribution in [0.2, 0.25) is 5.02 Å². The zero-order valence-corrected chi connectivity index (χ0v) is 12.6. The van der Waals surface area contributed by atoms with Crippen molar-refractivity contribution in [1.82, 2.24) is 4.72 Å². The molecule has 0 heterocycles. The Morgan fingerprint density at radius 1 is 1.00 bits per heavy atom. The van der Waals surface area contributed by atoms with Crippen molar-refractivity contribution in [2.24, 2.45) is 0 Å². The first-order chi connectivity index (χ1) is 10.2. The van der Waals surface area contributed by atoms with Gasteiger partial charge in [-0.25, -0.2) is 13.1 Å². The standard InChI is InChI=1S/C14H11ClF3NO2S/c15-12-7-3-4-8-13(12)22(20,21)19-9-10-5-1-2-6-11(10)14(16,17)18/h1-8,19H,9H2. The van der Waals surface area contributed by atoms with Crippen molar-refractivity contribution in [3.05, 3.63) is 64.7 Å². The molecule has 118 valence electrons. The van der Waals surface area contributed by atoms with E-state index in [0.29, 0.717) is 0 Å². The van der Waals surface area contributed by atoms with E-state index in [1.807, 2.05) is 0 Å². The van der Waals surface area contributed by atoms with E-state index in [9.17, 15) is 21.6 Å². The van der Waals surface area contributed by atoms with Crippen LogP contribution < -0.4 is 4.72 Å². The van der Waals surface area contributed by atoms with Gasteiger partial charge in [0.05, 0.1) is 10.6 Å². The molecule has 0 aliphatic rings. The highest BCUT2D eigenvalue weighted by atomic mass is 35.5. The Kier molecular flexibility index (Phi) is 4.79. The molecule has 22 heavy (non-hydrogen) atoms. The van der Waals surface area contributed by atoms with Crippen LogP contribution in [-0.2, 0) is 22.7 Å². The topological polar surface area (TPSA) is 46.2 Å². The van der Waals surface area contributed by atoms with E-state index >= 15 is 0 Å². The second kappa shape index (κ2) is 6.28. The van der Waals surface area contributed by atoms with Gasteiger partial charge >= 0.3 is 6.18 Å². The molecule has 1 N–H and O–H groups in total. The molecular weight excluding hydrogens is 339 g/mol. The van der Waals surface area contributed by atoms with E-state index in [4.69, 9.17) is 11.6 Å². The molecular formula is C14H11ClF3NO2S. The Morgan fingerprint density at radius 3 is 2.23 bits per heavy atom. The third kappa shape index (κ3) is 3.79. The molecule has 0 bridgehead atoms. The molecule has 0 fully saturated rings. The van der Waals surface area contributed by atoms with E-state index in [1.54, 1.807) is 6.07 Å². The maximum absolute atomic E-state index is 12.9. The number of halogens is 4. The van der Waals surface area contributed by atoms with Crippen LogP contribution in [-0.4, -0.2) is 8.42 Å². The van der Waals surface area contributed by atoms with Gasteiger partial charge < -0.3 is 0 Å². The summed E-state index contributed by atoms with van der Waals surface area (Å²) in [7, 11) is -4.00. The van der Waals surface area contributed by atoms with Crippen molar-refractivity contribution in [2.45, 2.75) is 17.6 Å². The fourth-order valence-electron chi connectivity index (χ4n) is 1.86. The van der Waals surface area contributed by atoms with Gasteiger partial charge in [-0.05, 0) is 23.8 Å². The van der Waals surface area contributed by atoms with Crippen molar-refractivity contribution >= 4 is 21.6 Å². The van der Waals surface area contributed by atoms with E-state index in [-0.39, 0.29) is 15.5 Å². The maximum atomic E-state index is 12.9. The third-order valence-corrected chi connectivity index (χ3v) is 4.80. The average molecular weight is 350 g/mol. The number of hydrogen-bond acceptors (Lipinski definition) is 2. The van der Waals surface area contributed by atoms with Crippen LogP contribution in [0.15, 0.2) is 53.4 Å². The predicted molar refractivity (Wildman–Crippen MR) is 76.9 cm³/mol. The van der Waals surface area contributed by atoms with Crippen LogP contribution >= 0.6 is 11.6 Å². The van der Waals surface area contributed by atoms with Crippen LogP contribution in [0.3, 0.4) is 0 Å². The SMILES string of the molecule is O=S(=O)(NCc1ccccc1C(F)(F)F)c1ccccc1Cl. The fraction of sp³-hybridized carbons (Fsp3) is 0.143. The zero-order valence-electron chi connectivity index (χ0n) is 11.1. The summed E-state index contributed by atoms with van der Waals surface area (Å²) in [6, 6.07) is 10.5. The average Bonchev–Trinajstić information content (AvgIpc) is 2.45. The Hall–Kier alpha value is -1.57. The van der Waals surface area contributed by atoms with Crippen LogP contribution in [0.1, 0.15) is 11.1 Å². The first kappa shape index (κ1) is 16.8. The van der Waals surface area contributed by atoms with Gasteiger partial charge in [-0.15, -0.1) is 0 Å². The van der Waals surface area contributed by atoms with Crippen molar-refractivity contribution in [3.63, 3.8) is 0 Å². The molecule has 2 aromatic carbocycles. The highest BCUT2D eigenvalue weighted by Crippen LogP contribution is 2.32. The number of alkyl halides is 3. The van der Waals surface area contributed by atoms with Gasteiger partial charge in [0, 0.05) is 6.54 Å². The predicted octanol–water partition coefficient (Wildman–Crippen LogP) is 3.84. The van der Waals surface area contributed by atoms with E-state index in [1.165, 1.54) is 36.4 Å². The summed E-state index contributed by atoms with van der Waals surface area (Å²) in [5.74, 6) is 0. The summed E-state index contributed by atoms with van der Waals surface area (Å²) >= 11 is 5.80. The molecule has 0 aromatic heterocycles. The quantitative estimate of drug-likeness (QED) is 0.911. The lowest BCUT2D eigenvalue weighted by molar-refractivity contribution is -0.138. The number of sulfonamides is 1. The van der Waals surface area contributed by atoms with Gasteiger partial charge in [0.2, 0.25) is 10.0 Å². The zero-order chi connectivity index (χ0) is 16.4. The summed E-state index contributed by atoms with van der Waals surface area (Å²) in [5.41, 5.74) is -1.04. The Balaban J connectivity index is 2.26. The van der Waals surface area contributed by atoms with Crippen LogP contribution in [0, 0.1) is 0 Å². The number of rotatable bonds is 4. The largest absolute Gasteiger partial charge is 0.416 e. The fourth-order valence-corrected chi connectivity index (χ4v) is 3.39. The molecule has 0 saturated heterocycles. The first-order valence-electron chi connectivity index (χ1n) is 6.11.